The van der Waals surface area contributed by atoms with Crippen LogP contribution in [0.3, 0.4) is 0 Å². The van der Waals surface area contributed by atoms with Gasteiger partial charge in [-0.15, -0.1) is 24.8 Å². The molecule has 0 atom stereocenters. The molecular weight excluding hydrogens is 315 g/mol. The molecule has 0 radical (unpaired) electrons. The van der Waals surface area contributed by atoms with Crippen molar-refractivity contribution >= 4 is 48.1 Å². The van der Waals surface area contributed by atoms with E-state index in [-0.39, 0.29) is 42.5 Å². The molecule has 1 heterocycles. The Balaban J connectivity index is 0.00000200. The van der Waals surface area contributed by atoms with E-state index in [2.05, 4.69) is 15.6 Å². The van der Waals surface area contributed by atoms with Crippen LogP contribution in [0.1, 0.15) is 25.7 Å². The standard InChI is InChI=1S/C13H18N4O2.2ClH/c14-7-1-2-12(18)16-10-5-6-11(15-8-10)17-13(19)9-3-4-9;;/h5-6,8-9H,1-4,7,14H2,(H,16,18)(H,15,17,19);2*1H. The van der Waals surface area contributed by atoms with Crippen molar-refractivity contribution < 1.29 is 9.59 Å². The molecule has 2 amide bonds. The van der Waals surface area contributed by atoms with Crippen molar-refractivity contribution in [3.8, 4) is 0 Å². The molecule has 1 aromatic heterocycles. The Morgan fingerprint density at radius 3 is 2.48 bits per heavy atom. The Morgan fingerprint density at radius 1 is 1.24 bits per heavy atom. The highest BCUT2D eigenvalue weighted by Gasteiger charge is 2.29. The first-order valence-corrected chi connectivity index (χ1v) is 6.46. The molecule has 0 spiro atoms. The molecule has 1 aliphatic rings. The highest BCUT2D eigenvalue weighted by Crippen LogP contribution is 2.29. The summed E-state index contributed by atoms with van der Waals surface area (Å²) in [5.74, 6) is 0.601. The Labute approximate surface area is 136 Å². The fraction of sp³-hybridized carbons (Fsp3) is 0.462. The molecule has 1 saturated carbocycles. The maximum Gasteiger partial charge on any atom is 0.228 e. The summed E-state index contributed by atoms with van der Waals surface area (Å²) in [4.78, 5) is 27.1. The molecule has 0 bridgehead atoms. The second-order valence-corrected chi connectivity index (χ2v) is 4.64. The van der Waals surface area contributed by atoms with E-state index in [0.29, 0.717) is 30.9 Å². The lowest BCUT2D eigenvalue weighted by Crippen LogP contribution is -2.15. The largest absolute Gasteiger partial charge is 0.330 e. The van der Waals surface area contributed by atoms with Gasteiger partial charge in [-0.25, -0.2) is 4.98 Å². The minimum Gasteiger partial charge on any atom is -0.330 e. The van der Waals surface area contributed by atoms with Crippen molar-refractivity contribution in [3.05, 3.63) is 18.3 Å². The first kappa shape index (κ1) is 19.6. The summed E-state index contributed by atoms with van der Waals surface area (Å²) < 4.78 is 0. The van der Waals surface area contributed by atoms with Crippen molar-refractivity contribution in [1.82, 2.24) is 4.98 Å². The Hall–Kier alpha value is -1.37. The average Bonchev–Trinajstić information content (AvgIpc) is 3.23. The van der Waals surface area contributed by atoms with Crippen LogP contribution in [0.5, 0.6) is 0 Å². The van der Waals surface area contributed by atoms with Crippen LogP contribution < -0.4 is 16.4 Å². The van der Waals surface area contributed by atoms with Gasteiger partial charge in [-0.3, -0.25) is 9.59 Å². The number of carbonyl (C=O) groups excluding carboxylic acids is 2. The lowest BCUT2D eigenvalue weighted by atomic mass is 10.3. The Kier molecular flexibility index (Phi) is 8.92. The van der Waals surface area contributed by atoms with Crippen molar-refractivity contribution in [2.24, 2.45) is 11.7 Å². The fourth-order valence-electron chi connectivity index (χ4n) is 1.60. The zero-order valence-electron chi connectivity index (χ0n) is 11.5. The zero-order valence-corrected chi connectivity index (χ0v) is 13.1. The Morgan fingerprint density at radius 2 is 1.95 bits per heavy atom. The van der Waals surface area contributed by atoms with E-state index in [4.69, 9.17) is 5.73 Å². The SMILES string of the molecule is Cl.Cl.NCCCC(=O)Nc1ccc(NC(=O)C2CC2)nc1. The Bertz CT molecular complexity index is 464. The third-order valence-corrected chi connectivity index (χ3v) is 2.85. The van der Waals surface area contributed by atoms with Crippen molar-refractivity contribution in [1.29, 1.82) is 0 Å². The number of nitrogens with one attached hydrogen (secondary N) is 2. The minimum atomic E-state index is -0.0815. The molecule has 0 unspecified atom stereocenters. The summed E-state index contributed by atoms with van der Waals surface area (Å²) in [7, 11) is 0. The van der Waals surface area contributed by atoms with Crippen LogP contribution in [0.2, 0.25) is 0 Å². The number of hydrogen-bond donors (Lipinski definition) is 3. The van der Waals surface area contributed by atoms with E-state index < -0.39 is 0 Å². The predicted octanol–water partition coefficient (Wildman–Crippen LogP) is 1.95. The summed E-state index contributed by atoms with van der Waals surface area (Å²) in [5.41, 5.74) is 5.95. The van der Waals surface area contributed by atoms with Gasteiger partial charge in [0.25, 0.3) is 0 Å². The van der Waals surface area contributed by atoms with Crippen LogP contribution in [0.15, 0.2) is 18.3 Å². The van der Waals surface area contributed by atoms with Crippen molar-refractivity contribution in [2.45, 2.75) is 25.7 Å². The zero-order chi connectivity index (χ0) is 13.7. The number of anilines is 2. The van der Waals surface area contributed by atoms with E-state index in [1.807, 2.05) is 0 Å². The molecule has 1 aromatic rings. The summed E-state index contributed by atoms with van der Waals surface area (Å²) in [5, 5.41) is 5.46. The smallest absolute Gasteiger partial charge is 0.228 e. The number of nitrogens with zero attached hydrogens (tertiary/aromatic N) is 1. The van der Waals surface area contributed by atoms with Gasteiger partial charge < -0.3 is 16.4 Å². The van der Waals surface area contributed by atoms with Crippen LogP contribution in [0, 0.1) is 5.92 Å². The van der Waals surface area contributed by atoms with Gasteiger partial charge in [-0.05, 0) is 37.9 Å². The van der Waals surface area contributed by atoms with E-state index >= 15 is 0 Å². The van der Waals surface area contributed by atoms with E-state index in [0.717, 1.165) is 12.8 Å². The van der Waals surface area contributed by atoms with Gasteiger partial charge in [0.05, 0.1) is 11.9 Å². The molecule has 1 fully saturated rings. The normalized spacial score (nSPS) is 12.6. The fourth-order valence-corrected chi connectivity index (χ4v) is 1.60. The van der Waals surface area contributed by atoms with Crippen LogP contribution in [0.25, 0.3) is 0 Å². The molecule has 21 heavy (non-hydrogen) atoms. The maximum absolute atomic E-state index is 11.5. The lowest BCUT2D eigenvalue weighted by Gasteiger charge is -2.06. The summed E-state index contributed by atoms with van der Waals surface area (Å²) in [6.45, 7) is 0.498. The number of halogens is 2. The number of pyridine rings is 1. The number of aromatic nitrogens is 1. The summed E-state index contributed by atoms with van der Waals surface area (Å²) >= 11 is 0. The van der Waals surface area contributed by atoms with Gasteiger partial charge in [-0.1, -0.05) is 0 Å². The van der Waals surface area contributed by atoms with Crippen LogP contribution in [0.4, 0.5) is 11.5 Å². The third-order valence-electron chi connectivity index (χ3n) is 2.85. The van der Waals surface area contributed by atoms with Gasteiger partial charge in [0, 0.05) is 12.3 Å². The van der Waals surface area contributed by atoms with E-state index in [1.54, 1.807) is 12.1 Å². The van der Waals surface area contributed by atoms with E-state index in [1.165, 1.54) is 6.20 Å². The molecule has 8 heteroatoms. The van der Waals surface area contributed by atoms with E-state index in [9.17, 15) is 9.59 Å². The molecule has 0 aliphatic heterocycles. The number of hydrogen-bond acceptors (Lipinski definition) is 4. The van der Waals surface area contributed by atoms with Crippen LogP contribution in [-0.2, 0) is 9.59 Å². The number of rotatable bonds is 6. The topological polar surface area (TPSA) is 97.1 Å². The second-order valence-electron chi connectivity index (χ2n) is 4.64. The maximum atomic E-state index is 11.5. The predicted molar refractivity (Wildman–Crippen MR) is 87.0 cm³/mol. The first-order valence-electron chi connectivity index (χ1n) is 6.46. The summed E-state index contributed by atoms with van der Waals surface area (Å²) in [6.07, 6.45) is 4.51. The summed E-state index contributed by atoms with van der Waals surface area (Å²) in [6, 6.07) is 3.40. The van der Waals surface area contributed by atoms with Crippen LogP contribution in [-0.4, -0.2) is 23.3 Å². The minimum absolute atomic E-state index is 0. The number of carbonyl (C=O) groups is 2. The van der Waals surface area contributed by atoms with Gasteiger partial charge in [0.2, 0.25) is 11.8 Å². The van der Waals surface area contributed by atoms with Crippen molar-refractivity contribution in [2.75, 3.05) is 17.2 Å². The second kappa shape index (κ2) is 9.55. The highest BCUT2D eigenvalue weighted by molar-refractivity contribution is 5.94. The molecule has 2 rings (SSSR count). The molecule has 6 nitrogen and oxygen atoms in total. The monoisotopic (exact) mass is 334 g/mol. The van der Waals surface area contributed by atoms with Gasteiger partial charge in [0.1, 0.15) is 5.82 Å². The van der Waals surface area contributed by atoms with Gasteiger partial charge >= 0.3 is 0 Å². The quantitative estimate of drug-likeness (QED) is 0.740. The molecular formula is C13H20Cl2N4O2. The number of nitrogens with two attached hydrogens (primary N) is 1. The van der Waals surface area contributed by atoms with Gasteiger partial charge in [0.15, 0.2) is 0 Å². The molecule has 0 aromatic carbocycles. The number of amides is 2. The molecule has 1 aliphatic carbocycles. The van der Waals surface area contributed by atoms with Gasteiger partial charge in [-0.2, -0.15) is 0 Å². The highest BCUT2D eigenvalue weighted by atomic mass is 35.5. The van der Waals surface area contributed by atoms with Crippen LogP contribution >= 0.6 is 24.8 Å². The lowest BCUT2D eigenvalue weighted by molar-refractivity contribution is -0.117. The first-order chi connectivity index (χ1) is 9.19. The molecule has 4 N–H and O–H groups in total. The third kappa shape index (κ3) is 6.75. The van der Waals surface area contributed by atoms with Crippen molar-refractivity contribution in [3.63, 3.8) is 0 Å². The average molecular weight is 335 g/mol. The molecule has 0 saturated heterocycles. The molecule has 118 valence electrons.